The number of allylic oxidation sites excluding steroid dienone is 1. The lowest BCUT2D eigenvalue weighted by Crippen LogP contribution is -1.89. The van der Waals surface area contributed by atoms with E-state index in [1.165, 1.54) is 0 Å². The van der Waals surface area contributed by atoms with Crippen molar-refractivity contribution in [2.75, 3.05) is 11.1 Å². The van der Waals surface area contributed by atoms with Crippen LogP contribution in [0.5, 0.6) is 0 Å². The van der Waals surface area contributed by atoms with Crippen LogP contribution in [0.3, 0.4) is 0 Å². The Hall–Kier alpha value is -0.830. The summed E-state index contributed by atoms with van der Waals surface area (Å²) in [6.45, 7) is 0. The lowest BCUT2D eigenvalue weighted by molar-refractivity contribution is 1.26. The maximum atomic E-state index is 5.70. The van der Waals surface area contributed by atoms with Crippen molar-refractivity contribution in [1.82, 2.24) is 4.98 Å². The first kappa shape index (κ1) is 9.26. The summed E-state index contributed by atoms with van der Waals surface area (Å²) in [5.41, 5.74) is 7.46. The summed E-state index contributed by atoms with van der Waals surface area (Å²) < 4.78 is 0. The molecule has 1 aromatic rings. The summed E-state index contributed by atoms with van der Waals surface area (Å²) in [7, 11) is 0. The standard InChI is InChI=1S/C9H11BrN2/c10-5-2-1-3-8-7-12-6-4-9(8)11/h1,3-4,6-7H,2,5H2,(H2,11,12). The first-order chi connectivity index (χ1) is 5.84. The highest BCUT2D eigenvalue weighted by Crippen LogP contribution is 2.10. The zero-order chi connectivity index (χ0) is 8.81. The molecule has 0 saturated carbocycles. The minimum atomic E-state index is 0.774. The number of alkyl halides is 1. The minimum absolute atomic E-state index is 0.774. The van der Waals surface area contributed by atoms with Gasteiger partial charge in [-0.3, -0.25) is 4.98 Å². The molecule has 2 N–H and O–H groups in total. The molecule has 0 amide bonds. The number of rotatable bonds is 3. The lowest BCUT2D eigenvalue weighted by atomic mass is 10.2. The van der Waals surface area contributed by atoms with Crippen molar-refractivity contribution in [2.24, 2.45) is 0 Å². The normalized spacial score (nSPS) is 10.8. The van der Waals surface area contributed by atoms with Gasteiger partial charge < -0.3 is 5.73 Å². The van der Waals surface area contributed by atoms with Gasteiger partial charge in [-0.2, -0.15) is 0 Å². The second-order valence-corrected chi connectivity index (χ2v) is 3.18. The fourth-order valence-electron chi connectivity index (χ4n) is 0.830. The number of aromatic nitrogens is 1. The molecule has 2 nitrogen and oxygen atoms in total. The van der Waals surface area contributed by atoms with Crippen LogP contribution in [-0.2, 0) is 0 Å². The summed E-state index contributed by atoms with van der Waals surface area (Å²) in [6.07, 6.45) is 8.53. The average molecular weight is 227 g/mol. The number of hydrogen-bond acceptors (Lipinski definition) is 2. The van der Waals surface area contributed by atoms with Gasteiger partial charge in [0.25, 0.3) is 0 Å². The Morgan fingerprint density at radius 3 is 3.08 bits per heavy atom. The molecular weight excluding hydrogens is 216 g/mol. The van der Waals surface area contributed by atoms with Crippen molar-refractivity contribution in [3.05, 3.63) is 30.1 Å². The number of pyridine rings is 1. The van der Waals surface area contributed by atoms with E-state index in [-0.39, 0.29) is 0 Å². The first-order valence-electron chi connectivity index (χ1n) is 3.76. The number of anilines is 1. The number of nitrogen functional groups attached to an aromatic ring is 1. The second-order valence-electron chi connectivity index (χ2n) is 2.38. The Morgan fingerprint density at radius 2 is 2.42 bits per heavy atom. The molecule has 3 heteroatoms. The van der Waals surface area contributed by atoms with Crippen LogP contribution < -0.4 is 5.73 Å². The summed E-state index contributed by atoms with van der Waals surface area (Å²) in [5, 5.41) is 0.976. The van der Waals surface area contributed by atoms with Crippen molar-refractivity contribution in [3.63, 3.8) is 0 Å². The smallest absolute Gasteiger partial charge is 0.0418 e. The molecule has 0 aromatic carbocycles. The van der Waals surface area contributed by atoms with E-state index in [2.05, 4.69) is 27.0 Å². The van der Waals surface area contributed by atoms with E-state index in [0.717, 1.165) is 23.0 Å². The van der Waals surface area contributed by atoms with E-state index in [4.69, 9.17) is 5.73 Å². The van der Waals surface area contributed by atoms with E-state index in [1.54, 1.807) is 18.5 Å². The van der Waals surface area contributed by atoms with Crippen LogP contribution in [0.2, 0.25) is 0 Å². The highest BCUT2D eigenvalue weighted by Gasteiger charge is 1.90. The number of hydrogen-bond donors (Lipinski definition) is 1. The van der Waals surface area contributed by atoms with Crippen molar-refractivity contribution in [3.8, 4) is 0 Å². The largest absolute Gasteiger partial charge is 0.398 e. The zero-order valence-electron chi connectivity index (χ0n) is 6.70. The fourth-order valence-corrected chi connectivity index (χ4v) is 1.09. The van der Waals surface area contributed by atoms with Crippen LogP contribution in [0.1, 0.15) is 12.0 Å². The summed E-state index contributed by atoms with van der Waals surface area (Å²) >= 11 is 3.34. The van der Waals surface area contributed by atoms with Gasteiger partial charge in [-0.1, -0.05) is 28.1 Å². The van der Waals surface area contributed by atoms with Crippen molar-refractivity contribution in [2.45, 2.75) is 6.42 Å². The van der Waals surface area contributed by atoms with Crippen molar-refractivity contribution in [1.29, 1.82) is 0 Å². The first-order valence-corrected chi connectivity index (χ1v) is 4.88. The van der Waals surface area contributed by atoms with E-state index in [9.17, 15) is 0 Å². The average Bonchev–Trinajstić information content (AvgIpc) is 2.09. The number of nitrogens with two attached hydrogens (primary N) is 1. The summed E-state index contributed by atoms with van der Waals surface area (Å²) in [6, 6.07) is 1.80. The third kappa shape index (κ3) is 2.66. The molecule has 12 heavy (non-hydrogen) atoms. The summed E-state index contributed by atoms with van der Waals surface area (Å²) in [4.78, 5) is 3.98. The van der Waals surface area contributed by atoms with Gasteiger partial charge in [-0.05, 0) is 12.5 Å². The highest BCUT2D eigenvalue weighted by molar-refractivity contribution is 9.09. The molecule has 0 fully saturated rings. The predicted molar refractivity (Wildman–Crippen MR) is 56.1 cm³/mol. The Balaban J connectivity index is 2.68. The Bertz CT molecular complexity index is 271. The fraction of sp³-hybridized carbons (Fsp3) is 0.222. The van der Waals surface area contributed by atoms with E-state index in [0.29, 0.717) is 0 Å². The van der Waals surface area contributed by atoms with E-state index in [1.807, 2.05) is 6.08 Å². The van der Waals surface area contributed by atoms with E-state index >= 15 is 0 Å². The van der Waals surface area contributed by atoms with Gasteiger partial charge in [-0.15, -0.1) is 0 Å². The van der Waals surface area contributed by atoms with Crippen molar-refractivity contribution < 1.29 is 0 Å². The molecule has 0 bridgehead atoms. The molecule has 0 saturated heterocycles. The molecule has 1 aromatic heterocycles. The van der Waals surface area contributed by atoms with Crippen LogP contribution in [0.4, 0.5) is 5.69 Å². The number of nitrogens with zero attached hydrogens (tertiary/aromatic N) is 1. The van der Waals surface area contributed by atoms with Gasteiger partial charge in [0, 0.05) is 29.0 Å². The van der Waals surface area contributed by atoms with E-state index < -0.39 is 0 Å². The van der Waals surface area contributed by atoms with Gasteiger partial charge in [0.05, 0.1) is 0 Å². The van der Waals surface area contributed by atoms with Crippen molar-refractivity contribution >= 4 is 27.7 Å². The quantitative estimate of drug-likeness (QED) is 0.805. The lowest BCUT2D eigenvalue weighted by Gasteiger charge is -1.96. The molecule has 0 aliphatic carbocycles. The molecule has 64 valence electrons. The third-order valence-corrected chi connectivity index (χ3v) is 1.92. The molecule has 1 rings (SSSR count). The molecule has 0 atom stereocenters. The topological polar surface area (TPSA) is 38.9 Å². The van der Waals surface area contributed by atoms with Gasteiger partial charge >= 0.3 is 0 Å². The SMILES string of the molecule is Nc1ccncc1C=CCCBr. The van der Waals surface area contributed by atoms with Crippen LogP contribution in [-0.4, -0.2) is 10.3 Å². The molecule has 0 aliphatic heterocycles. The van der Waals surface area contributed by atoms with Gasteiger partial charge in [0.1, 0.15) is 0 Å². The Labute approximate surface area is 80.6 Å². The predicted octanol–water partition coefficient (Wildman–Crippen LogP) is 2.46. The maximum absolute atomic E-state index is 5.70. The highest BCUT2D eigenvalue weighted by atomic mass is 79.9. The monoisotopic (exact) mass is 226 g/mol. The molecule has 0 radical (unpaired) electrons. The number of halogens is 1. The van der Waals surface area contributed by atoms with Crippen LogP contribution in [0, 0.1) is 0 Å². The Kier molecular flexibility index (Phi) is 3.80. The minimum Gasteiger partial charge on any atom is -0.398 e. The zero-order valence-corrected chi connectivity index (χ0v) is 8.29. The third-order valence-electron chi connectivity index (χ3n) is 1.46. The molecule has 0 unspecified atom stereocenters. The van der Waals surface area contributed by atoms with Gasteiger partial charge in [-0.25, -0.2) is 0 Å². The maximum Gasteiger partial charge on any atom is 0.0418 e. The molecule has 0 spiro atoms. The molecule has 0 aliphatic rings. The summed E-state index contributed by atoms with van der Waals surface area (Å²) in [5.74, 6) is 0. The van der Waals surface area contributed by atoms with Gasteiger partial charge in [0.15, 0.2) is 0 Å². The molecular formula is C9H11BrN2. The van der Waals surface area contributed by atoms with Gasteiger partial charge in [0.2, 0.25) is 0 Å². The van der Waals surface area contributed by atoms with Crippen LogP contribution in [0.15, 0.2) is 24.5 Å². The second kappa shape index (κ2) is 4.93. The Morgan fingerprint density at radius 1 is 1.58 bits per heavy atom. The molecule has 1 heterocycles. The van der Waals surface area contributed by atoms with Crippen LogP contribution in [0.25, 0.3) is 6.08 Å². The van der Waals surface area contributed by atoms with Crippen LogP contribution >= 0.6 is 15.9 Å².